The molecule has 13 aromatic rings. The zero-order valence-corrected chi connectivity index (χ0v) is 34.7. The van der Waals surface area contributed by atoms with Crippen molar-refractivity contribution in [2.45, 2.75) is 0 Å². The standard InChI is InChI=1S/C61H37N3/c1-3-14-38(15-4-1)39-26-29-43(30-27-39)60-62-59(42-16-5-2-6-17-42)63-61(64-60)45-33-34-51-49-23-10-8-21-47(49)46-20-7-9-22-48(46)50-24-11-12-25-52(50)58-53-35-32-41-19-13-18-40-28-31-44(57(53)56(40)41)36-55(58)54(51)37-45/h1-37H. The second-order valence-electron chi connectivity index (χ2n) is 16.7. The Morgan fingerprint density at radius 1 is 0.188 bits per heavy atom. The summed E-state index contributed by atoms with van der Waals surface area (Å²) in [6.07, 6.45) is 0. The zero-order chi connectivity index (χ0) is 42.1. The van der Waals surface area contributed by atoms with Crippen molar-refractivity contribution in [3.8, 4) is 45.3 Å². The molecule has 0 saturated heterocycles. The van der Waals surface area contributed by atoms with Crippen molar-refractivity contribution in [1.29, 1.82) is 0 Å². The van der Waals surface area contributed by atoms with Crippen molar-refractivity contribution in [2.24, 2.45) is 0 Å². The van der Waals surface area contributed by atoms with E-state index < -0.39 is 0 Å². The molecular formula is C61H37N3. The minimum atomic E-state index is 0.620. The fourth-order valence-electron chi connectivity index (χ4n) is 10.1. The zero-order valence-electron chi connectivity index (χ0n) is 34.7. The molecule has 0 saturated carbocycles. The second-order valence-corrected chi connectivity index (χ2v) is 16.7. The first-order valence-corrected chi connectivity index (χ1v) is 21.8. The van der Waals surface area contributed by atoms with Gasteiger partial charge in [0.2, 0.25) is 0 Å². The number of aromatic nitrogens is 3. The third kappa shape index (κ3) is 5.79. The molecule has 64 heavy (non-hydrogen) atoms. The van der Waals surface area contributed by atoms with Gasteiger partial charge in [0, 0.05) is 16.7 Å². The first-order valence-electron chi connectivity index (χ1n) is 21.8. The van der Waals surface area contributed by atoms with E-state index in [1.165, 1.54) is 81.0 Å². The molecule has 0 spiro atoms. The minimum Gasteiger partial charge on any atom is -0.208 e. The highest BCUT2D eigenvalue weighted by Crippen LogP contribution is 2.44. The topological polar surface area (TPSA) is 38.7 Å². The summed E-state index contributed by atoms with van der Waals surface area (Å²) in [6.45, 7) is 0. The van der Waals surface area contributed by atoms with Crippen LogP contribution < -0.4 is 0 Å². The number of fused-ring (bicyclic) bond motifs is 11. The molecule has 0 bridgehead atoms. The van der Waals surface area contributed by atoms with Gasteiger partial charge in [0.15, 0.2) is 17.5 Å². The van der Waals surface area contributed by atoms with Crippen molar-refractivity contribution < 1.29 is 0 Å². The van der Waals surface area contributed by atoms with E-state index in [-0.39, 0.29) is 0 Å². The molecule has 0 aliphatic carbocycles. The molecule has 0 amide bonds. The van der Waals surface area contributed by atoms with Gasteiger partial charge in [-0.05, 0) is 109 Å². The van der Waals surface area contributed by atoms with E-state index in [9.17, 15) is 0 Å². The van der Waals surface area contributed by atoms with E-state index in [0.717, 1.165) is 33.0 Å². The van der Waals surface area contributed by atoms with Crippen LogP contribution in [-0.4, -0.2) is 15.0 Å². The number of hydrogen-bond acceptors (Lipinski definition) is 3. The van der Waals surface area contributed by atoms with E-state index in [2.05, 4.69) is 200 Å². The molecule has 1 aromatic heterocycles. The summed E-state index contributed by atoms with van der Waals surface area (Å²) in [5.41, 5.74) is 5.09. The quantitative estimate of drug-likeness (QED) is 0.166. The second kappa shape index (κ2) is 14.5. The van der Waals surface area contributed by atoms with Gasteiger partial charge >= 0.3 is 0 Å². The number of rotatable bonds is 4. The number of hydrogen-bond donors (Lipinski definition) is 0. The van der Waals surface area contributed by atoms with Gasteiger partial charge in [0.05, 0.1) is 0 Å². The van der Waals surface area contributed by atoms with Crippen LogP contribution in [0.25, 0.3) is 131 Å². The molecule has 3 nitrogen and oxygen atoms in total. The van der Waals surface area contributed by atoms with Gasteiger partial charge in [-0.15, -0.1) is 0 Å². The predicted octanol–water partition coefficient (Wildman–Crippen LogP) is 16.3. The molecule has 12 aromatic carbocycles. The maximum Gasteiger partial charge on any atom is 0.164 e. The summed E-state index contributed by atoms with van der Waals surface area (Å²) in [7, 11) is 0. The van der Waals surface area contributed by atoms with Crippen molar-refractivity contribution in [3.05, 3.63) is 224 Å². The Morgan fingerprint density at radius 2 is 0.594 bits per heavy atom. The van der Waals surface area contributed by atoms with Gasteiger partial charge in [-0.1, -0.05) is 212 Å². The van der Waals surface area contributed by atoms with Crippen LogP contribution in [0.5, 0.6) is 0 Å². The molecular weight excluding hydrogens is 775 g/mol. The molecule has 1 heterocycles. The lowest BCUT2D eigenvalue weighted by atomic mass is 9.87. The van der Waals surface area contributed by atoms with E-state index in [4.69, 9.17) is 15.0 Å². The van der Waals surface area contributed by atoms with E-state index in [1.807, 2.05) is 24.3 Å². The SMILES string of the molecule is c1ccc(-c2ccc(-c3nc(-c4ccccc4)nc(-c4ccc5c6ccccc6c6ccccc6c6ccccc6c6c(cc7ccc8cccc9ccc6c7c89)c5c4)n3)cc2)cc1. The lowest BCUT2D eigenvalue weighted by Gasteiger charge is -2.16. The van der Waals surface area contributed by atoms with Crippen LogP contribution >= 0.6 is 0 Å². The molecule has 296 valence electrons. The third-order valence-corrected chi connectivity index (χ3v) is 13.1. The average Bonchev–Trinajstić information content (AvgIpc) is 3.38. The Labute approximate surface area is 369 Å². The largest absolute Gasteiger partial charge is 0.208 e. The van der Waals surface area contributed by atoms with Crippen molar-refractivity contribution in [2.75, 3.05) is 0 Å². The first-order chi connectivity index (χ1) is 31.7. The van der Waals surface area contributed by atoms with Gasteiger partial charge in [-0.3, -0.25) is 0 Å². The Kier molecular flexibility index (Phi) is 8.22. The number of nitrogens with zero attached hydrogens (tertiary/aromatic N) is 3. The van der Waals surface area contributed by atoms with Gasteiger partial charge in [0.25, 0.3) is 0 Å². The maximum absolute atomic E-state index is 5.28. The van der Waals surface area contributed by atoms with Gasteiger partial charge in [0.1, 0.15) is 0 Å². The molecule has 0 aliphatic rings. The molecule has 0 atom stereocenters. The predicted molar refractivity (Wildman–Crippen MR) is 270 cm³/mol. The van der Waals surface area contributed by atoms with Crippen molar-refractivity contribution in [1.82, 2.24) is 15.0 Å². The summed E-state index contributed by atoms with van der Waals surface area (Å²) in [5, 5.41) is 19.4. The Bertz CT molecular complexity index is 4030. The van der Waals surface area contributed by atoms with Crippen LogP contribution in [0.2, 0.25) is 0 Å². The van der Waals surface area contributed by atoms with Crippen LogP contribution in [0, 0.1) is 0 Å². The molecule has 0 fully saturated rings. The summed E-state index contributed by atoms with van der Waals surface area (Å²) >= 11 is 0. The Morgan fingerprint density at radius 3 is 1.20 bits per heavy atom. The summed E-state index contributed by atoms with van der Waals surface area (Å²) < 4.78 is 0. The molecule has 0 radical (unpaired) electrons. The van der Waals surface area contributed by atoms with Gasteiger partial charge in [-0.2, -0.15) is 0 Å². The van der Waals surface area contributed by atoms with Crippen molar-refractivity contribution >= 4 is 86.2 Å². The van der Waals surface area contributed by atoms with E-state index in [1.54, 1.807) is 0 Å². The maximum atomic E-state index is 5.28. The van der Waals surface area contributed by atoms with E-state index >= 15 is 0 Å². The van der Waals surface area contributed by atoms with Crippen LogP contribution in [-0.2, 0) is 0 Å². The van der Waals surface area contributed by atoms with Crippen molar-refractivity contribution in [3.63, 3.8) is 0 Å². The van der Waals surface area contributed by atoms with Crippen LogP contribution in [0.3, 0.4) is 0 Å². The molecule has 0 unspecified atom stereocenters. The van der Waals surface area contributed by atoms with Crippen LogP contribution in [0.1, 0.15) is 0 Å². The van der Waals surface area contributed by atoms with Crippen LogP contribution in [0.4, 0.5) is 0 Å². The lowest BCUT2D eigenvalue weighted by Crippen LogP contribution is -2.00. The normalized spacial score (nSPS) is 11.8. The molecule has 0 aliphatic heterocycles. The highest BCUT2D eigenvalue weighted by atomic mass is 15.0. The average molecular weight is 812 g/mol. The Hall–Kier alpha value is -8.53. The fourth-order valence-corrected chi connectivity index (χ4v) is 10.1. The fraction of sp³-hybridized carbons (Fsp3) is 0. The van der Waals surface area contributed by atoms with Gasteiger partial charge in [-0.25, -0.2) is 15.0 Å². The van der Waals surface area contributed by atoms with Crippen LogP contribution in [0.15, 0.2) is 224 Å². The monoisotopic (exact) mass is 811 g/mol. The lowest BCUT2D eigenvalue weighted by molar-refractivity contribution is 1.07. The minimum absolute atomic E-state index is 0.620. The molecule has 13 rings (SSSR count). The first kappa shape index (κ1) is 36.2. The third-order valence-electron chi connectivity index (χ3n) is 13.1. The highest BCUT2D eigenvalue weighted by molar-refractivity contribution is 6.36. The highest BCUT2D eigenvalue weighted by Gasteiger charge is 2.18. The molecule has 3 heteroatoms. The molecule has 0 N–H and O–H groups in total. The summed E-state index contributed by atoms with van der Waals surface area (Å²) in [5.74, 6) is 1.88. The Balaban J connectivity index is 1.18. The van der Waals surface area contributed by atoms with Gasteiger partial charge < -0.3 is 0 Å². The summed E-state index contributed by atoms with van der Waals surface area (Å²) in [6, 6.07) is 81.0. The van der Waals surface area contributed by atoms with E-state index in [0.29, 0.717) is 17.5 Å². The smallest absolute Gasteiger partial charge is 0.164 e. The summed E-state index contributed by atoms with van der Waals surface area (Å²) in [4.78, 5) is 15.6. The number of benzene rings is 11.